The maximum atomic E-state index is 12.6. The third-order valence-electron chi connectivity index (χ3n) is 5.00. The molecule has 2 unspecified atom stereocenters. The van der Waals surface area contributed by atoms with Gasteiger partial charge < -0.3 is 15.8 Å². The van der Waals surface area contributed by atoms with Crippen molar-refractivity contribution in [2.75, 3.05) is 19.8 Å². The van der Waals surface area contributed by atoms with Gasteiger partial charge in [0, 0.05) is 25.8 Å². The highest BCUT2D eigenvalue weighted by Crippen LogP contribution is 2.31. The SMILES string of the molecule is CC1CCCCCC1NC(=O)C1(CN)CCOCC1. The smallest absolute Gasteiger partial charge is 0.227 e. The summed E-state index contributed by atoms with van der Waals surface area (Å²) in [5, 5.41) is 3.30. The molecule has 110 valence electrons. The highest BCUT2D eigenvalue weighted by Gasteiger charge is 2.40. The molecule has 1 aliphatic heterocycles. The van der Waals surface area contributed by atoms with E-state index < -0.39 is 0 Å². The van der Waals surface area contributed by atoms with Gasteiger partial charge in [-0.25, -0.2) is 0 Å². The average Bonchev–Trinajstić information content (AvgIpc) is 2.65. The summed E-state index contributed by atoms with van der Waals surface area (Å²) in [6, 6.07) is 0.335. The van der Waals surface area contributed by atoms with Crippen LogP contribution in [-0.2, 0) is 9.53 Å². The standard InChI is InChI=1S/C15H28N2O2/c1-12-5-3-2-4-6-13(12)17-14(18)15(11-16)7-9-19-10-8-15/h12-13H,2-11,16H2,1H3,(H,17,18). The maximum absolute atomic E-state index is 12.6. The Balaban J connectivity index is 1.97. The van der Waals surface area contributed by atoms with Gasteiger partial charge in [0.15, 0.2) is 0 Å². The number of amides is 1. The van der Waals surface area contributed by atoms with Gasteiger partial charge in [-0.3, -0.25) is 4.79 Å². The highest BCUT2D eigenvalue weighted by molar-refractivity contribution is 5.83. The Morgan fingerprint density at radius 1 is 1.26 bits per heavy atom. The Kier molecular flexibility index (Phi) is 5.22. The zero-order valence-corrected chi connectivity index (χ0v) is 12.1. The van der Waals surface area contributed by atoms with Crippen molar-refractivity contribution in [2.45, 2.75) is 57.9 Å². The Morgan fingerprint density at radius 2 is 1.95 bits per heavy atom. The summed E-state index contributed by atoms with van der Waals surface area (Å²) in [4.78, 5) is 12.6. The minimum absolute atomic E-state index is 0.164. The fourth-order valence-corrected chi connectivity index (χ4v) is 3.31. The zero-order chi connectivity index (χ0) is 13.7. The fourth-order valence-electron chi connectivity index (χ4n) is 3.31. The molecule has 0 bridgehead atoms. The van der Waals surface area contributed by atoms with Crippen LogP contribution in [0.5, 0.6) is 0 Å². The number of hydrogen-bond acceptors (Lipinski definition) is 3. The van der Waals surface area contributed by atoms with Crippen molar-refractivity contribution >= 4 is 5.91 Å². The topological polar surface area (TPSA) is 64.4 Å². The molecule has 2 atom stereocenters. The molecule has 0 aromatic rings. The van der Waals surface area contributed by atoms with E-state index in [-0.39, 0.29) is 11.3 Å². The first-order valence-corrected chi connectivity index (χ1v) is 7.77. The van der Waals surface area contributed by atoms with E-state index in [9.17, 15) is 4.79 Å². The Hall–Kier alpha value is -0.610. The van der Waals surface area contributed by atoms with Gasteiger partial charge >= 0.3 is 0 Å². The molecule has 4 nitrogen and oxygen atoms in total. The van der Waals surface area contributed by atoms with Crippen molar-refractivity contribution in [2.24, 2.45) is 17.1 Å². The van der Waals surface area contributed by atoms with Gasteiger partial charge in [-0.05, 0) is 31.6 Å². The van der Waals surface area contributed by atoms with Gasteiger partial charge in [-0.2, -0.15) is 0 Å². The van der Waals surface area contributed by atoms with Crippen LogP contribution < -0.4 is 11.1 Å². The van der Waals surface area contributed by atoms with Crippen molar-refractivity contribution in [3.05, 3.63) is 0 Å². The molecule has 2 aliphatic rings. The second-order valence-electron chi connectivity index (χ2n) is 6.29. The van der Waals surface area contributed by atoms with Crippen molar-refractivity contribution < 1.29 is 9.53 Å². The van der Waals surface area contributed by atoms with Gasteiger partial charge in [-0.1, -0.05) is 26.2 Å². The summed E-state index contributed by atoms with van der Waals surface area (Å²) in [6.07, 6.45) is 7.69. The van der Waals surface area contributed by atoms with Crippen LogP contribution in [0.1, 0.15) is 51.9 Å². The van der Waals surface area contributed by atoms with Crippen LogP contribution >= 0.6 is 0 Å². The summed E-state index contributed by atoms with van der Waals surface area (Å²) in [5.74, 6) is 0.748. The zero-order valence-electron chi connectivity index (χ0n) is 12.1. The predicted molar refractivity (Wildman–Crippen MR) is 75.7 cm³/mol. The Bertz CT molecular complexity index is 301. The lowest BCUT2D eigenvalue weighted by Crippen LogP contribution is -2.52. The summed E-state index contributed by atoms with van der Waals surface area (Å²) in [6.45, 7) is 4.01. The molecule has 0 aromatic heterocycles. The Morgan fingerprint density at radius 3 is 2.63 bits per heavy atom. The molecular formula is C15H28N2O2. The van der Waals surface area contributed by atoms with Crippen LogP contribution in [-0.4, -0.2) is 31.7 Å². The van der Waals surface area contributed by atoms with Crippen LogP contribution in [0.2, 0.25) is 0 Å². The molecule has 1 amide bonds. The minimum atomic E-state index is -0.385. The van der Waals surface area contributed by atoms with Crippen molar-refractivity contribution in [1.82, 2.24) is 5.32 Å². The van der Waals surface area contributed by atoms with Gasteiger partial charge in [0.1, 0.15) is 0 Å². The van der Waals surface area contributed by atoms with Crippen molar-refractivity contribution in [3.8, 4) is 0 Å². The summed E-state index contributed by atoms with van der Waals surface area (Å²) in [5.41, 5.74) is 5.51. The second-order valence-corrected chi connectivity index (χ2v) is 6.29. The second kappa shape index (κ2) is 6.71. The van der Waals surface area contributed by atoms with Crippen molar-refractivity contribution in [3.63, 3.8) is 0 Å². The van der Waals surface area contributed by atoms with Crippen LogP contribution in [0.25, 0.3) is 0 Å². The minimum Gasteiger partial charge on any atom is -0.381 e. The van der Waals surface area contributed by atoms with Gasteiger partial charge in [0.25, 0.3) is 0 Å². The lowest BCUT2D eigenvalue weighted by molar-refractivity contribution is -0.137. The predicted octanol–water partition coefficient (Wildman–Crippen LogP) is 1.83. The number of nitrogens with two attached hydrogens (primary N) is 1. The molecule has 1 heterocycles. The molecule has 0 radical (unpaired) electrons. The third kappa shape index (κ3) is 3.48. The van der Waals surface area contributed by atoms with E-state index >= 15 is 0 Å². The van der Waals surface area contributed by atoms with Crippen LogP contribution in [0, 0.1) is 11.3 Å². The average molecular weight is 268 g/mol. The van der Waals surface area contributed by atoms with E-state index in [1.54, 1.807) is 0 Å². The van der Waals surface area contributed by atoms with E-state index in [1.165, 1.54) is 25.7 Å². The molecule has 19 heavy (non-hydrogen) atoms. The monoisotopic (exact) mass is 268 g/mol. The molecule has 2 rings (SSSR count). The first-order valence-electron chi connectivity index (χ1n) is 7.77. The summed E-state index contributed by atoms with van der Waals surface area (Å²) in [7, 11) is 0. The number of ether oxygens (including phenoxy) is 1. The van der Waals surface area contributed by atoms with E-state index in [0.717, 1.165) is 19.3 Å². The molecule has 1 aliphatic carbocycles. The Labute approximate surface area is 116 Å². The van der Waals surface area contributed by atoms with Gasteiger partial charge in [-0.15, -0.1) is 0 Å². The van der Waals surface area contributed by atoms with E-state index in [2.05, 4.69) is 12.2 Å². The van der Waals surface area contributed by atoms with Crippen LogP contribution in [0.3, 0.4) is 0 Å². The van der Waals surface area contributed by atoms with Gasteiger partial charge in [0.2, 0.25) is 5.91 Å². The molecule has 0 aromatic carbocycles. The number of carbonyl (C=O) groups is 1. The molecule has 1 saturated carbocycles. The molecule has 4 heteroatoms. The molecule has 1 saturated heterocycles. The first-order chi connectivity index (χ1) is 9.18. The van der Waals surface area contributed by atoms with E-state index in [0.29, 0.717) is 31.7 Å². The number of rotatable bonds is 3. The summed E-state index contributed by atoms with van der Waals surface area (Å²) < 4.78 is 5.37. The lowest BCUT2D eigenvalue weighted by Gasteiger charge is -2.36. The molecule has 2 fully saturated rings. The number of carbonyl (C=O) groups excluding carboxylic acids is 1. The molecular weight excluding hydrogens is 240 g/mol. The van der Waals surface area contributed by atoms with E-state index in [4.69, 9.17) is 10.5 Å². The largest absolute Gasteiger partial charge is 0.381 e. The summed E-state index contributed by atoms with van der Waals surface area (Å²) >= 11 is 0. The normalized spacial score (nSPS) is 31.5. The number of nitrogens with one attached hydrogen (secondary N) is 1. The van der Waals surface area contributed by atoms with Crippen LogP contribution in [0.15, 0.2) is 0 Å². The highest BCUT2D eigenvalue weighted by atomic mass is 16.5. The van der Waals surface area contributed by atoms with Crippen molar-refractivity contribution in [1.29, 1.82) is 0 Å². The molecule has 0 spiro atoms. The van der Waals surface area contributed by atoms with Gasteiger partial charge in [0.05, 0.1) is 5.41 Å². The first kappa shape index (κ1) is 14.8. The quantitative estimate of drug-likeness (QED) is 0.768. The third-order valence-corrected chi connectivity index (χ3v) is 5.00. The fraction of sp³-hybridized carbons (Fsp3) is 0.933. The maximum Gasteiger partial charge on any atom is 0.227 e. The lowest BCUT2D eigenvalue weighted by atomic mass is 9.79. The molecule has 3 N–H and O–H groups in total. The van der Waals surface area contributed by atoms with Crippen LogP contribution in [0.4, 0.5) is 0 Å². The van der Waals surface area contributed by atoms with E-state index in [1.807, 2.05) is 0 Å². The number of hydrogen-bond donors (Lipinski definition) is 2.